The minimum Gasteiger partial charge on any atom is -0.748 e. The minimum atomic E-state index is -4.04. The van der Waals surface area contributed by atoms with Crippen LogP contribution in [-0.2, 0) is 14.9 Å². The van der Waals surface area contributed by atoms with E-state index in [4.69, 9.17) is 4.74 Å². The predicted molar refractivity (Wildman–Crippen MR) is 53.2 cm³/mol. The van der Waals surface area contributed by atoms with Crippen molar-refractivity contribution in [2.24, 2.45) is 0 Å². The van der Waals surface area contributed by atoms with Crippen LogP contribution in [-0.4, -0.2) is 57.5 Å². The molecule has 0 aromatic carbocycles. The van der Waals surface area contributed by atoms with Gasteiger partial charge in [0.15, 0.2) is 0 Å². The molecular formula is C8H18NNaO4S. The van der Waals surface area contributed by atoms with Crippen molar-refractivity contribution < 1.29 is 47.3 Å². The van der Waals surface area contributed by atoms with E-state index in [-0.39, 0.29) is 35.3 Å². The van der Waals surface area contributed by atoms with Crippen LogP contribution in [0.15, 0.2) is 0 Å². The van der Waals surface area contributed by atoms with Gasteiger partial charge >= 0.3 is 29.6 Å². The van der Waals surface area contributed by atoms with Crippen LogP contribution in [0.2, 0.25) is 0 Å². The van der Waals surface area contributed by atoms with Gasteiger partial charge in [0.1, 0.15) is 0 Å². The summed E-state index contributed by atoms with van der Waals surface area (Å²) in [5.41, 5.74) is 0. The van der Waals surface area contributed by atoms with E-state index in [2.05, 4.69) is 0 Å². The monoisotopic (exact) mass is 247 g/mol. The molecule has 0 amide bonds. The summed E-state index contributed by atoms with van der Waals surface area (Å²) in [7, 11) is -0.141. The van der Waals surface area contributed by atoms with E-state index < -0.39 is 10.1 Å². The zero-order valence-electron chi connectivity index (χ0n) is 9.73. The van der Waals surface area contributed by atoms with E-state index in [1.807, 2.05) is 19.0 Å². The van der Waals surface area contributed by atoms with Crippen molar-refractivity contribution in [3.8, 4) is 0 Å². The summed E-state index contributed by atoms with van der Waals surface area (Å²) in [5, 5.41) is 0. The largest absolute Gasteiger partial charge is 1.00 e. The van der Waals surface area contributed by atoms with E-state index in [0.717, 1.165) is 6.54 Å². The van der Waals surface area contributed by atoms with Gasteiger partial charge in [-0.15, -0.1) is 0 Å². The number of ether oxygens (including phenoxy) is 1. The summed E-state index contributed by atoms with van der Waals surface area (Å²) < 4.78 is 35.8. The number of rotatable bonds is 8. The maximum absolute atomic E-state index is 10.2. The molecule has 0 spiro atoms. The summed E-state index contributed by atoms with van der Waals surface area (Å²) in [6, 6.07) is 0. The van der Waals surface area contributed by atoms with Crippen LogP contribution in [0.25, 0.3) is 0 Å². The molecule has 0 atom stereocenters. The topological polar surface area (TPSA) is 69.7 Å². The Morgan fingerprint density at radius 1 is 1.20 bits per heavy atom. The minimum absolute atomic E-state index is 0. The molecule has 7 heteroatoms. The first-order chi connectivity index (χ1) is 6.42. The molecule has 0 N–H and O–H groups in total. The molecule has 0 bridgehead atoms. The predicted octanol–water partition coefficient (Wildman–Crippen LogP) is -3.11. The molecule has 0 aliphatic heterocycles. The first kappa shape index (κ1) is 18.2. The van der Waals surface area contributed by atoms with E-state index >= 15 is 0 Å². The van der Waals surface area contributed by atoms with E-state index in [1.54, 1.807) is 0 Å². The number of likely N-dealkylation sites (N-methyl/N-ethyl adjacent to an activating group) is 1. The molecule has 86 valence electrons. The third-order valence-electron chi connectivity index (χ3n) is 1.62. The number of unbranched alkanes of at least 4 members (excludes halogenated alkanes) is 1. The Bertz CT molecular complexity index is 231. The van der Waals surface area contributed by atoms with E-state index in [0.29, 0.717) is 26.1 Å². The van der Waals surface area contributed by atoms with Crippen molar-refractivity contribution in [3.63, 3.8) is 0 Å². The molecule has 0 aliphatic rings. The Kier molecular flexibility index (Phi) is 12.2. The van der Waals surface area contributed by atoms with Crippen LogP contribution in [0.1, 0.15) is 12.8 Å². The Labute approximate surface area is 114 Å². The molecule has 0 radical (unpaired) electrons. The van der Waals surface area contributed by atoms with Crippen molar-refractivity contribution in [3.05, 3.63) is 0 Å². The molecule has 5 nitrogen and oxygen atoms in total. The zero-order valence-corrected chi connectivity index (χ0v) is 12.5. The normalized spacial score (nSPS) is 11.5. The standard InChI is InChI=1S/C8H19NO4S.Na/c1-9(2)5-7-13-6-3-4-8-14(10,11)12;/h3-8H2,1-2H3,(H,10,11,12);/q;+1/p-1. The van der Waals surface area contributed by atoms with Gasteiger partial charge in [-0.2, -0.15) is 0 Å². The Hall–Kier alpha value is 0.830. The molecule has 0 unspecified atom stereocenters. The number of nitrogens with zero attached hydrogens (tertiary/aromatic N) is 1. The van der Waals surface area contributed by atoms with Crippen LogP contribution >= 0.6 is 0 Å². The SMILES string of the molecule is CN(C)CCOCCCCS(=O)(=O)[O-].[Na+]. The van der Waals surface area contributed by atoms with Gasteiger partial charge < -0.3 is 14.2 Å². The fourth-order valence-electron chi connectivity index (χ4n) is 0.832. The van der Waals surface area contributed by atoms with Crippen molar-refractivity contribution in [1.29, 1.82) is 0 Å². The van der Waals surface area contributed by atoms with Gasteiger partial charge in [-0.1, -0.05) is 0 Å². The number of hydrogen-bond acceptors (Lipinski definition) is 5. The summed E-state index contributed by atoms with van der Waals surface area (Å²) in [4.78, 5) is 2.00. The smallest absolute Gasteiger partial charge is 0.748 e. The summed E-state index contributed by atoms with van der Waals surface area (Å²) >= 11 is 0. The molecule has 0 heterocycles. The molecule has 15 heavy (non-hydrogen) atoms. The van der Waals surface area contributed by atoms with Crippen molar-refractivity contribution in [2.45, 2.75) is 12.8 Å². The Morgan fingerprint density at radius 2 is 1.80 bits per heavy atom. The molecule has 0 fully saturated rings. The van der Waals surface area contributed by atoms with Crippen molar-refractivity contribution in [2.75, 3.05) is 39.6 Å². The molecular weight excluding hydrogens is 229 g/mol. The zero-order chi connectivity index (χ0) is 11.0. The summed E-state index contributed by atoms with van der Waals surface area (Å²) in [5.74, 6) is -0.288. The molecule has 0 aromatic heterocycles. The average molecular weight is 247 g/mol. The van der Waals surface area contributed by atoms with Crippen LogP contribution in [0.4, 0.5) is 0 Å². The van der Waals surface area contributed by atoms with Gasteiger partial charge in [0.05, 0.1) is 16.7 Å². The van der Waals surface area contributed by atoms with Crippen LogP contribution in [0, 0.1) is 0 Å². The van der Waals surface area contributed by atoms with E-state index in [1.165, 1.54) is 0 Å². The maximum Gasteiger partial charge on any atom is 1.00 e. The first-order valence-electron chi connectivity index (χ1n) is 4.58. The third kappa shape index (κ3) is 17.4. The van der Waals surface area contributed by atoms with Crippen LogP contribution < -0.4 is 29.6 Å². The average Bonchev–Trinajstić information content (AvgIpc) is 2.00. The van der Waals surface area contributed by atoms with Gasteiger partial charge in [0.2, 0.25) is 0 Å². The Morgan fingerprint density at radius 3 is 2.27 bits per heavy atom. The van der Waals surface area contributed by atoms with E-state index in [9.17, 15) is 13.0 Å². The van der Waals surface area contributed by atoms with Crippen molar-refractivity contribution in [1.82, 2.24) is 4.90 Å². The van der Waals surface area contributed by atoms with Crippen LogP contribution in [0.5, 0.6) is 0 Å². The molecule has 0 saturated carbocycles. The van der Waals surface area contributed by atoms with Crippen molar-refractivity contribution >= 4 is 10.1 Å². The second-order valence-electron chi connectivity index (χ2n) is 3.38. The molecule has 0 rings (SSSR count). The van der Waals surface area contributed by atoms with Gasteiger partial charge in [-0.3, -0.25) is 0 Å². The second kappa shape index (κ2) is 10.0. The number of hydrogen-bond donors (Lipinski definition) is 0. The fraction of sp³-hybridized carbons (Fsp3) is 1.00. The molecule has 0 aliphatic carbocycles. The molecule has 0 saturated heterocycles. The second-order valence-corrected chi connectivity index (χ2v) is 4.91. The van der Waals surface area contributed by atoms with Gasteiger partial charge in [0.25, 0.3) is 0 Å². The maximum atomic E-state index is 10.2. The summed E-state index contributed by atoms with van der Waals surface area (Å²) in [6.45, 7) is 2.00. The Balaban J connectivity index is 0. The van der Waals surface area contributed by atoms with Gasteiger partial charge in [0, 0.05) is 18.9 Å². The quantitative estimate of drug-likeness (QED) is 0.258. The van der Waals surface area contributed by atoms with Gasteiger partial charge in [-0.05, 0) is 26.9 Å². The van der Waals surface area contributed by atoms with Gasteiger partial charge in [-0.25, -0.2) is 8.42 Å². The third-order valence-corrected chi connectivity index (χ3v) is 2.40. The molecule has 0 aromatic rings. The first-order valence-corrected chi connectivity index (χ1v) is 6.15. The van der Waals surface area contributed by atoms with Crippen LogP contribution in [0.3, 0.4) is 0 Å². The fourth-order valence-corrected chi connectivity index (χ4v) is 1.39. The summed E-state index contributed by atoms with van der Waals surface area (Å²) in [6.07, 6.45) is 1.00.